The summed E-state index contributed by atoms with van der Waals surface area (Å²) in [5.41, 5.74) is 1.04. The molecule has 4 heteroatoms. The Morgan fingerprint density at radius 3 is 2.94 bits per heavy atom. The van der Waals surface area contributed by atoms with Crippen molar-refractivity contribution in [2.45, 2.75) is 43.5 Å². The van der Waals surface area contributed by atoms with E-state index in [1.165, 1.54) is 19.3 Å². The third-order valence-electron chi connectivity index (χ3n) is 3.23. The summed E-state index contributed by atoms with van der Waals surface area (Å²) in [5, 5.41) is 4.48. The van der Waals surface area contributed by atoms with E-state index in [0.717, 1.165) is 10.9 Å². The van der Waals surface area contributed by atoms with Crippen LogP contribution < -0.4 is 5.32 Å². The molecule has 3 atom stereocenters. The first-order valence-corrected chi connectivity index (χ1v) is 7.13. The van der Waals surface area contributed by atoms with Gasteiger partial charge in [0.15, 0.2) is 0 Å². The molecule has 2 rings (SSSR count). The molecular formula is C12H19N3S. The summed E-state index contributed by atoms with van der Waals surface area (Å²) < 4.78 is 0. The molecule has 1 saturated carbocycles. The third kappa shape index (κ3) is 2.95. The van der Waals surface area contributed by atoms with E-state index in [1.807, 2.05) is 18.0 Å². The summed E-state index contributed by atoms with van der Waals surface area (Å²) in [6.45, 7) is 2.16. The van der Waals surface area contributed by atoms with Crippen LogP contribution in [0.2, 0.25) is 0 Å². The molecule has 1 aliphatic rings. The van der Waals surface area contributed by atoms with Crippen LogP contribution in [0.3, 0.4) is 0 Å². The van der Waals surface area contributed by atoms with Crippen LogP contribution >= 0.6 is 11.8 Å². The maximum Gasteiger partial charge on any atom is 0.0753 e. The minimum atomic E-state index is 0.305. The van der Waals surface area contributed by atoms with Crippen LogP contribution in [-0.2, 0) is 0 Å². The van der Waals surface area contributed by atoms with Gasteiger partial charge in [-0.25, -0.2) is 0 Å². The van der Waals surface area contributed by atoms with Crippen LogP contribution in [0.25, 0.3) is 0 Å². The largest absolute Gasteiger partial charge is 0.306 e. The van der Waals surface area contributed by atoms with Crippen molar-refractivity contribution >= 4 is 11.8 Å². The molecule has 0 bridgehead atoms. The minimum absolute atomic E-state index is 0.305. The third-order valence-corrected chi connectivity index (χ3v) is 4.33. The lowest BCUT2D eigenvalue weighted by Crippen LogP contribution is -2.30. The van der Waals surface area contributed by atoms with Gasteiger partial charge in [-0.05, 0) is 32.4 Å². The van der Waals surface area contributed by atoms with Crippen molar-refractivity contribution in [3.8, 4) is 0 Å². The van der Waals surface area contributed by atoms with Crippen LogP contribution in [0.4, 0.5) is 0 Å². The van der Waals surface area contributed by atoms with E-state index in [0.29, 0.717) is 12.1 Å². The molecule has 0 spiro atoms. The lowest BCUT2D eigenvalue weighted by Gasteiger charge is -2.18. The average Bonchev–Trinajstić information content (AvgIpc) is 2.78. The first-order chi connectivity index (χ1) is 7.79. The van der Waals surface area contributed by atoms with E-state index in [4.69, 9.17) is 0 Å². The molecule has 3 unspecified atom stereocenters. The highest BCUT2D eigenvalue weighted by molar-refractivity contribution is 7.99. The van der Waals surface area contributed by atoms with Crippen molar-refractivity contribution in [2.24, 2.45) is 0 Å². The number of hydrogen-bond acceptors (Lipinski definition) is 4. The highest BCUT2D eigenvalue weighted by Gasteiger charge is 2.25. The first kappa shape index (κ1) is 11.9. The van der Waals surface area contributed by atoms with Crippen LogP contribution in [-0.4, -0.2) is 27.5 Å². The van der Waals surface area contributed by atoms with Crippen molar-refractivity contribution < 1.29 is 0 Å². The predicted octanol–water partition coefficient (Wildman–Crippen LogP) is 2.41. The number of aromatic nitrogens is 2. The van der Waals surface area contributed by atoms with E-state index in [9.17, 15) is 0 Å². The summed E-state index contributed by atoms with van der Waals surface area (Å²) >= 11 is 1.99. The number of hydrogen-bond donors (Lipinski definition) is 1. The Morgan fingerprint density at radius 2 is 2.31 bits per heavy atom. The van der Waals surface area contributed by atoms with Gasteiger partial charge in [0.1, 0.15) is 0 Å². The summed E-state index contributed by atoms with van der Waals surface area (Å²) in [4.78, 5) is 8.43. The Balaban J connectivity index is 1.86. The normalized spacial score (nSPS) is 26.9. The summed E-state index contributed by atoms with van der Waals surface area (Å²) in [6, 6.07) is 0.953. The van der Waals surface area contributed by atoms with Crippen LogP contribution in [0, 0.1) is 0 Å². The van der Waals surface area contributed by atoms with Gasteiger partial charge in [-0.15, -0.1) is 0 Å². The number of nitrogens with one attached hydrogen (secondary N) is 1. The molecule has 3 nitrogen and oxygen atoms in total. The lowest BCUT2D eigenvalue weighted by molar-refractivity contribution is 0.454. The van der Waals surface area contributed by atoms with Crippen molar-refractivity contribution in [1.82, 2.24) is 15.3 Å². The smallest absolute Gasteiger partial charge is 0.0753 e. The van der Waals surface area contributed by atoms with Gasteiger partial charge in [-0.3, -0.25) is 9.97 Å². The molecule has 1 aromatic rings. The van der Waals surface area contributed by atoms with Gasteiger partial charge in [0.05, 0.1) is 5.69 Å². The van der Waals surface area contributed by atoms with Crippen LogP contribution in [0.15, 0.2) is 18.6 Å². The first-order valence-electron chi connectivity index (χ1n) is 5.84. The van der Waals surface area contributed by atoms with Gasteiger partial charge in [-0.1, -0.05) is 0 Å². The standard InChI is InChI=1S/C12H19N3S/c1-9(12-8-13-5-6-14-12)15-10-3-4-11(7-10)16-2/h5-6,8-11,15H,3-4,7H2,1-2H3. The van der Waals surface area contributed by atoms with Gasteiger partial charge in [0, 0.05) is 35.9 Å². The maximum atomic E-state index is 4.33. The van der Waals surface area contributed by atoms with E-state index < -0.39 is 0 Å². The SMILES string of the molecule is CSC1CCC(NC(C)c2cnccn2)C1. The molecule has 0 aliphatic heterocycles. The molecule has 1 heterocycles. The number of thioether (sulfide) groups is 1. The lowest BCUT2D eigenvalue weighted by atomic mass is 10.2. The van der Waals surface area contributed by atoms with E-state index >= 15 is 0 Å². The second-order valence-electron chi connectivity index (χ2n) is 4.39. The zero-order chi connectivity index (χ0) is 11.4. The molecule has 16 heavy (non-hydrogen) atoms. The van der Waals surface area contributed by atoms with Gasteiger partial charge >= 0.3 is 0 Å². The topological polar surface area (TPSA) is 37.8 Å². The van der Waals surface area contributed by atoms with E-state index in [1.54, 1.807) is 12.4 Å². The van der Waals surface area contributed by atoms with Gasteiger partial charge in [0.2, 0.25) is 0 Å². The average molecular weight is 237 g/mol. The molecule has 1 N–H and O–H groups in total. The molecule has 0 radical (unpaired) electrons. The number of nitrogens with zero attached hydrogens (tertiary/aromatic N) is 2. The van der Waals surface area contributed by atoms with Gasteiger partial charge in [-0.2, -0.15) is 11.8 Å². The Kier molecular flexibility index (Phi) is 4.18. The summed E-state index contributed by atoms with van der Waals surface area (Å²) in [5.74, 6) is 0. The van der Waals surface area contributed by atoms with Crippen molar-refractivity contribution in [2.75, 3.05) is 6.26 Å². The van der Waals surface area contributed by atoms with Crippen molar-refractivity contribution in [3.05, 3.63) is 24.3 Å². The highest BCUT2D eigenvalue weighted by Crippen LogP contribution is 2.29. The minimum Gasteiger partial charge on any atom is -0.306 e. The van der Waals surface area contributed by atoms with E-state index in [2.05, 4.69) is 28.5 Å². The molecule has 0 saturated heterocycles. The van der Waals surface area contributed by atoms with Crippen LogP contribution in [0.5, 0.6) is 0 Å². The second-order valence-corrected chi connectivity index (χ2v) is 5.52. The summed E-state index contributed by atoms with van der Waals surface area (Å²) in [7, 11) is 0. The second kappa shape index (κ2) is 5.64. The molecular weight excluding hydrogens is 218 g/mol. The van der Waals surface area contributed by atoms with Crippen molar-refractivity contribution in [3.63, 3.8) is 0 Å². The zero-order valence-corrected chi connectivity index (χ0v) is 10.7. The molecule has 88 valence electrons. The van der Waals surface area contributed by atoms with Crippen molar-refractivity contribution in [1.29, 1.82) is 0 Å². The molecule has 0 amide bonds. The predicted molar refractivity (Wildman–Crippen MR) is 68.5 cm³/mol. The summed E-state index contributed by atoms with van der Waals surface area (Å²) in [6.07, 6.45) is 11.4. The Labute approximate surface area is 101 Å². The Morgan fingerprint density at radius 1 is 1.44 bits per heavy atom. The maximum absolute atomic E-state index is 4.33. The Hall–Kier alpha value is -0.610. The fraction of sp³-hybridized carbons (Fsp3) is 0.667. The quantitative estimate of drug-likeness (QED) is 0.872. The number of rotatable bonds is 4. The van der Waals surface area contributed by atoms with Gasteiger partial charge < -0.3 is 5.32 Å². The Bertz CT molecular complexity index is 317. The fourth-order valence-electron chi connectivity index (χ4n) is 2.28. The highest BCUT2D eigenvalue weighted by atomic mass is 32.2. The van der Waals surface area contributed by atoms with Crippen LogP contribution in [0.1, 0.15) is 37.9 Å². The molecule has 1 aliphatic carbocycles. The monoisotopic (exact) mass is 237 g/mol. The fourth-order valence-corrected chi connectivity index (χ4v) is 3.08. The zero-order valence-electron chi connectivity index (χ0n) is 9.89. The van der Waals surface area contributed by atoms with E-state index in [-0.39, 0.29) is 0 Å². The molecule has 0 aromatic carbocycles. The molecule has 1 fully saturated rings. The van der Waals surface area contributed by atoms with Gasteiger partial charge in [0.25, 0.3) is 0 Å². The molecule has 1 aromatic heterocycles.